The van der Waals surface area contributed by atoms with Crippen LogP contribution in [0.25, 0.3) is 0 Å². The molecule has 0 bridgehead atoms. The topological polar surface area (TPSA) is 101 Å². The lowest BCUT2D eigenvalue weighted by atomic mass is 10.1. The molecule has 0 saturated heterocycles. The molecule has 84 valence electrons. The van der Waals surface area contributed by atoms with Crippen molar-refractivity contribution in [1.29, 1.82) is 0 Å². The Labute approximate surface area is 88.7 Å². The van der Waals surface area contributed by atoms with Crippen molar-refractivity contribution in [1.82, 2.24) is 0 Å². The van der Waals surface area contributed by atoms with Gasteiger partial charge in [-0.05, 0) is 12.8 Å². The third kappa shape index (κ3) is 9.28. The Bertz CT molecular complexity index is 186. The zero-order chi connectivity index (χ0) is 10.3. The molecule has 0 saturated carbocycles. The first kappa shape index (κ1) is 15.7. The van der Waals surface area contributed by atoms with E-state index in [0.29, 0.717) is 25.7 Å². The highest BCUT2D eigenvalue weighted by atomic mass is 35.5. The van der Waals surface area contributed by atoms with Crippen LogP contribution in [0.1, 0.15) is 32.1 Å². The molecule has 0 aromatic heterocycles. The third-order valence-corrected chi connectivity index (χ3v) is 1.72. The molecule has 0 aliphatic rings. The lowest BCUT2D eigenvalue weighted by Crippen LogP contribution is -2.29. The Morgan fingerprint density at radius 1 is 1.14 bits per heavy atom. The van der Waals surface area contributed by atoms with Crippen molar-refractivity contribution < 1.29 is 19.8 Å². The van der Waals surface area contributed by atoms with Gasteiger partial charge in [-0.25, -0.2) is 0 Å². The molecule has 4 N–H and O–H groups in total. The first-order valence-electron chi connectivity index (χ1n) is 4.24. The molecule has 0 aromatic rings. The minimum Gasteiger partial charge on any atom is -0.481 e. The van der Waals surface area contributed by atoms with Crippen molar-refractivity contribution in [3.8, 4) is 0 Å². The summed E-state index contributed by atoms with van der Waals surface area (Å²) in [6, 6.07) is -0.815. The van der Waals surface area contributed by atoms with Gasteiger partial charge in [-0.2, -0.15) is 0 Å². The second kappa shape index (κ2) is 8.77. The highest BCUT2D eigenvalue weighted by molar-refractivity contribution is 5.85. The van der Waals surface area contributed by atoms with Gasteiger partial charge >= 0.3 is 11.9 Å². The number of halogens is 1. The van der Waals surface area contributed by atoms with E-state index in [2.05, 4.69) is 0 Å². The van der Waals surface area contributed by atoms with Crippen molar-refractivity contribution in [2.45, 2.75) is 38.1 Å². The van der Waals surface area contributed by atoms with E-state index in [1.165, 1.54) is 0 Å². The van der Waals surface area contributed by atoms with Crippen molar-refractivity contribution in [2.24, 2.45) is 5.73 Å². The average Bonchev–Trinajstić information content (AvgIpc) is 2.02. The smallest absolute Gasteiger partial charge is 0.320 e. The van der Waals surface area contributed by atoms with Crippen LogP contribution in [0.5, 0.6) is 0 Å². The number of aliphatic carboxylic acids is 2. The number of rotatable bonds is 7. The molecule has 1 atom stereocenters. The molecule has 0 fully saturated rings. The molecule has 0 aromatic carbocycles. The zero-order valence-corrected chi connectivity index (χ0v) is 8.63. The summed E-state index contributed by atoms with van der Waals surface area (Å²) in [5.74, 6) is -1.82. The maximum Gasteiger partial charge on any atom is 0.320 e. The fourth-order valence-corrected chi connectivity index (χ4v) is 0.941. The minimum atomic E-state index is -1.00. The van der Waals surface area contributed by atoms with E-state index in [-0.39, 0.29) is 18.8 Å². The maximum absolute atomic E-state index is 10.3. The lowest BCUT2D eigenvalue weighted by Gasteiger charge is -2.04. The third-order valence-electron chi connectivity index (χ3n) is 1.72. The summed E-state index contributed by atoms with van der Waals surface area (Å²) in [6.07, 6.45) is 2.52. The summed E-state index contributed by atoms with van der Waals surface area (Å²) >= 11 is 0. The molecule has 0 aliphatic heterocycles. The van der Waals surface area contributed by atoms with Gasteiger partial charge in [0.15, 0.2) is 0 Å². The van der Waals surface area contributed by atoms with Gasteiger partial charge in [0.2, 0.25) is 0 Å². The predicted molar refractivity (Wildman–Crippen MR) is 53.6 cm³/mol. The minimum absolute atomic E-state index is 0. The highest BCUT2D eigenvalue weighted by Gasteiger charge is 2.09. The second-order valence-corrected chi connectivity index (χ2v) is 2.94. The molecule has 5 nitrogen and oxygen atoms in total. The molecule has 0 aliphatic carbocycles. The van der Waals surface area contributed by atoms with Gasteiger partial charge < -0.3 is 15.9 Å². The van der Waals surface area contributed by atoms with Gasteiger partial charge in [0.1, 0.15) is 6.04 Å². The Balaban J connectivity index is 0. The van der Waals surface area contributed by atoms with Crippen LogP contribution in [-0.4, -0.2) is 28.2 Å². The van der Waals surface area contributed by atoms with Gasteiger partial charge in [-0.3, -0.25) is 9.59 Å². The average molecular weight is 226 g/mol. The number of carboxylic acid groups (broad SMARTS) is 2. The summed E-state index contributed by atoms with van der Waals surface area (Å²) in [7, 11) is 0. The Morgan fingerprint density at radius 3 is 2.14 bits per heavy atom. The van der Waals surface area contributed by atoms with Gasteiger partial charge in [0, 0.05) is 6.42 Å². The molecule has 6 heteroatoms. The Morgan fingerprint density at radius 2 is 1.71 bits per heavy atom. The largest absolute Gasteiger partial charge is 0.481 e. The Hall–Kier alpha value is -0.810. The molecule has 0 radical (unpaired) electrons. The van der Waals surface area contributed by atoms with Crippen LogP contribution in [-0.2, 0) is 9.59 Å². The molecule has 14 heavy (non-hydrogen) atoms. The molecule has 0 rings (SSSR count). The summed E-state index contributed by atoms with van der Waals surface area (Å²) in [5, 5.41) is 16.7. The van der Waals surface area contributed by atoms with E-state index in [1.54, 1.807) is 0 Å². The first-order chi connectivity index (χ1) is 6.04. The van der Waals surface area contributed by atoms with Gasteiger partial charge in [0.25, 0.3) is 0 Å². The van der Waals surface area contributed by atoms with Crippen molar-refractivity contribution in [2.75, 3.05) is 0 Å². The predicted octanol–water partition coefficient (Wildman–Crippen LogP) is 0.855. The van der Waals surface area contributed by atoms with Crippen LogP contribution < -0.4 is 5.73 Å². The number of hydrogen-bond donors (Lipinski definition) is 3. The normalized spacial score (nSPS) is 11.5. The van der Waals surface area contributed by atoms with Crippen LogP contribution in [0.2, 0.25) is 0 Å². The number of unbranched alkanes of at least 4 members (excludes halogenated alkanes) is 2. The molecule has 0 spiro atoms. The summed E-state index contributed by atoms with van der Waals surface area (Å²) < 4.78 is 0. The van der Waals surface area contributed by atoms with Crippen molar-refractivity contribution in [3.05, 3.63) is 0 Å². The van der Waals surface area contributed by atoms with E-state index < -0.39 is 18.0 Å². The van der Waals surface area contributed by atoms with E-state index in [1.807, 2.05) is 0 Å². The number of nitrogens with two attached hydrogens (primary N) is 1. The SMILES string of the molecule is Cl.NC(CCCCCC(=O)O)C(=O)O. The van der Waals surface area contributed by atoms with Crippen LogP contribution in [0, 0.1) is 0 Å². The monoisotopic (exact) mass is 225 g/mol. The number of carbonyl (C=O) groups is 2. The van der Waals surface area contributed by atoms with E-state index in [4.69, 9.17) is 15.9 Å². The number of hydrogen-bond acceptors (Lipinski definition) is 3. The quantitative estimate of drug-likeness (QED) is 0.558. The molecular weight excluding hydrogens is 210 g/mol. The summed E-state index contributed by atoms with van der Waals surface area (Å²) in [6.45, 7) is 0. The van der Waals surface area contributed by atoms with Gasteiger partial charge in [-0.15, -0.1) is 12.4 Å². The van der Waals surface area contributed by atoms with Gasteiger partial charge in [-0.1, -0.05) is 12.8 Å². The van der Waals surface area contributed by atoms with E-state index in [9.17, 15) is 9.59 Å². The molecule has 0 heterocycles. The summed E-state index contributed by atoms with van der Waals surface area (Å²) in [5.41, 5.74) is 5.24. The van der Waals surface area contributed by atoms with Crippen LogP contribution >= 0.6 is 12.4 Å². The van der Waals surface area contributed by atoms with Gasteiger partial charge in [0.05, 0.1) is 0 Å². The Kier molecular flexibility index (Phi) is 9.81. The fraction of sp³-hybridized carbons (Fsp3) is 0.750. The summed E-state index contributed by atoms with van der Waals surface area (Å²) in [4.78, 5) is 20.3. The van der Waals surface area contributed by atoms with Crippen molar-refractivity contribution in [3.63, 3.8) is 0 Å². The molecule has 1 unspecified atom stereocenters. The first-order valence-corrected chi connectivity index (χ1v) is 4.24. The second-order valence-electron chi connectivity index (χ2n) is 2.94. The number of carboxylic acids is 2. The zero-order valence-electron chi connectivity index (χ0n) is 7.81. The lowest BCUT2D eigenvalue weighted by molar-refractivity contribution is -0.139. The van der Waals surface area contributed by atoms with E-state index in [0.717, 1.165) is 0 Å². The van der Waals surface area contributed by atoms with Crippen molar-refractivity contribution >= 4 is 24.3 Å². The van der Waals surface area contributed by atoms with Crippen LogP contribution in [0.4, 0.5) is 0 Å². The highest BCUT2D eigenvalue weighted by Crippen LogP contribution is 2.04. The molecular formula is C8H16ClNO4. The van der Waals surface area contributed by atoms with Crippen LogP contribution in [0.15, 0.2) is 0 Å². The fourth-order valence-electron chi connectivity index (χ4n) is 0.941. The van der Waals surface area contributed by atoms with E-state index >= 15 is 0 Å². The molecule has 0 amide bonds. The van der Waals surface area contributed by atoms with Crippen LogP contribution in [0.3, 0.4) is 0 Å². The standard InChI is InChI=1S/C8H15NO4.ClH/c9-6(8(12)13)4-2-1-3-5-7(10)11;/h6H,1-5,9H2,(H,10,11)(H,12,13);1H. The maximum atomic E-state index is 10.3.